The van der Waals surface area contributed by atoms with E-state index < -0.39 is 24.1 Å². The Bertz CT molecular complexity index is 1190. The second-order valence-electron chi connectivity index (χ2n) is 9.25. The van der Waals surface area contributed by atoms with Crippen LogP contribution in [0.1, 0.15) is 26.0 Å². The number of hydrogen-bond acceptors (Lipinski definition) is 10. The zero-order chi connectivity index (χ0) is 27.6. The average molecular weight is 562 g/mol. The fourth-order valence-corrected chi connectivity index (χ4v) is 7.07. The lowest BCUT2D eigenvalue weighted by molar-refractivity contribution is -0.164. The molecule has 0 aliphatic carbocycles. The molecule has 3 aliphatic heterocycles. The van der Waals surface area contributed by atoms with Crippen LogP contribution in [0.4, 0.5) is 4.79 Å². The Hall–Kier alpha value is -2.93. The van der Waals surface area contributed by atoms with Crippen LogP contribution < -0.4 is 0 Å². The number of rotatable bonds is 10. The van der Waals surface area contributed by atoms with E-state index in [-0.39, 0.29) is 56.0 Å². The van der Waals surface area contributed by atoms with E-state index in [1.54, 1.807) is 6.92 Å². The molecule has 1 fully saturated rings. The van der Waals surface area contributed by atoms with Crippen LogP contribution in [0.5, 0.6) is 0 Å². The highest BCUT2D eigenvalue weighted by Crippen LogP contribution is 2.52. The number of thioether (sulfide) groups is 1. The highest BCUT2D eigenvalue weighted by atomic mass is 32.2. The molecule has 204 valence electrons. The summed E-state index contributed by atoms with van der Waals surface area (Å²) in [6.45, 7) is 10.8. The number of esters is 1. The van der Waals surface area contributed by atoms with Crippen molar-refractivity contribution in [2.45, 2.75) is 42.8 Å². The van der Waals surface area contributed by atoms with Gasteiger partial charge in [-0.3, -0.25) is 9.69 Å². The first-order valence-electron chi connectivity index (χ1n) is 12.2. The number of fused-ring (bicyclic) bond motifs is 1. The van der Waals surface area contributed by atoms with Gasteiger partial charge in [-0.2, -0.15) is 0 Å². The second-order valence-corrected chi connectivity index (χ2v) is 11.4. The van der Waals surface area contributed by atoms with Crippen molar-refractivity contribution in [3.63, 3.8) is 0 Å². The van der Waals surface area contributed by atoms with Gasteiger partial charge < -0.3 is 24.6 Å². The van der Waals surface area contributed by atoms with E-state index in [4.69, 9.17) is 14.5 Å². The SMILES string of the molecule is C=CCOC(=O)C1=C(Sc2nc(C3=CC[C@@H](CO)N(C(=O)OCC=C)C3)cs2)[C@H](C)[C@@H]2[C@@H]([C@@H](C)O)C(=O)N12. The van der Waals surface area contributed by atoms with Crippen LogP contribution in [0.2, 0.25) is 0 Å². The quantitative estimate of drug-likeness (QED) is 0.252. The van der Waals surface area contributed by atoms with Gasteiger partial charge in [0, 0.05) is 16.2 Å². The van der Waals surface area contributed by atoms with Crippen molar-refractivity contribution in [3.8, 4) is 0 Å². The molecule has 2 amide bonds. The van der Waals surface area contributed by atoms with Gasteiger partial charge >= 0.3 is 12.1 Å². The molecular weight excluding hydrogens is 530 g/mol. The van der Waals surface area contributed by atoms with Crippen LogP contribution in [-0.2, 0) is 19.1 Å². The molecule has 0 radical (unpaired) electrons. The van der Waals surface area contributed by atoms with E-state index in [0.717, 1.165) is 5.57 Å². The maximum absolute atomic E-state index is 12.9. The van der Waals surface area contributed by atoms with Crippen LogP contribution in [0.3, 0.4) is 0 Å². The lowest BCUT2D eigenvalue weighted by atomic mass is 9.79. The van der Waals surface area contributed by atoms with Crippen molar-refractivity contribution in [2.24, 2.45) is 11.8 Å². The van der Waals surface area contributed by atoms with E-state index in [0.29, 0.717) is 21.4 Å². The molecule has 0 bridgehead atoms. The predicted octanol–water partition coefficient (Wildman–Crippen LogP) is 2.81. The smallest absolute Gasteiger partial charge is 0.410 e. The molecule has 4 rings (SSSR count). The van der Waals surface area contributed by atoms with Crippen molar-refractivity contribution in [1.82, 2.24) is 14.8 Å². The molecule has 1 aromatic heterocycles. The number of aliphatic hydroxyl groups is 2. The van der Waals surface area contributed by atoms with Gasteiger partial charge in [0.1, 0.15) is 18.9 Å². The summed E-state index contributed by atoms with van der Waals surface area (Å²) in [7, 11) is 0. The summed E-state index contributed by atoms with van der Waals surface area (Å²) >= 11 is 2.68. The maximum Gasteiger partial charge on any atom is 0.410 e. The maximum atomic E-state index is 12.9. The molecule has 4 heterocycles. The lowest BCUT2D eigenvalue weighted by Gasteiger charge is -2.46. The molecule has 1 aromatic rings. The minimum absolute atomic E-state index is 0.0112. The van der Waals surface area contributed by atoms with Crippen LogP contribution in [0.25, 0.3) is 5.57 Å². The fraction of sp³-hybridized carbons (Fsp3) is 0.462. The Labute approximate surface area is 229 Å². The summed E-state index contributed by atoms with van der Waals surface area (Å²) in [6, 6.07) is -0.719. The van der Waals surface area contributed by atoms with Crippen LogP contribution in [0, 0.1) is 11.8 Å². The standard InChI is InChI=1S/C26H31N3O7S2/c1-5-9-35-24(33)21-22(14(3)20-19(15(4)31)23(32)29(20)21)38-25-27-18(13-37-25)16-7-8-17(12-30)28(11-16)26(34)36-10-6-2/h5-7,13-15,17,19-20,30-31H,1-2,8-12H2,3-4H3/t14-,15-,17+,19-,20-/m1/s1. The minimum Gasteiger partial charge on any atom is -0.457 e. The van der Waals surface area contributed by atoms with Gasteiger partial charge in [0.15, 0.2) is 4.34 Å². The topological polar surface area (TPSA) is 130 Å². The number of aromatic nitrogens is 1. The highest BCUT2D eigenvalue weighted by molar-refractivity contribution is 8.04. The van der Waals surface area contributed by atoms with E-state index in [1.165, 1.54) is 45.1 Å². The van der Waals surface area contributed by atoms with E-state index in [2.05, 4.69) is 13.2 Å². The number of thiazole rings is 1. The molecule has 12 heteroatoms. The molecule has 38 heavy (non-hydrogen) atoms. The number of aliphatic hydroxyl groups excluding tert-OH is 2. The molecule has 3 aliphatic rings. The number of hydrogen-bond donors (Lipinski definition) is 2. The van der Waals surface area contributed by atoms with E-state index in [1.807, 2.05) is 18.4 Å². The average Bonchev–Trinajstić information content (AvgIpc) is 3.46. The van der Waals surface area contributed by atoms with Crippen molar-refractivity contribution >= 4 is 46.6 Å². The highest BCUT2D eigenvalue weighted by Gasteiger charge is 2.60. The molecule has 0 aromatic carbocycles. The van der Waals surface area contributed by atoms with Crippen LogP contribution >= 0.6 is 23.1 Å². The van der Waals surface area contributed by atoms with Gasteiger partial charge in [-0.15, -0.1) is 11.3 Å². The number of amides is 2. The molecule has 0 spiro atoms. The van der Waals surface area contributed by atoms with E-state index in [9.17, 15) is 24.6 Å². The first-order chi connectivity index (χ1) is 18.2. The number of ether oxygens (including phenoxy) is 2. The normalized spacial score (nSPS) is 25.4. The molecule has 0 saturated carbocycles. The zero-order valence-electron chi connectivity index (χ0n) is 21.2. The summed E-state index contributed by atoms with van der Waals surface area (Å²) in [5, 5.41) is 21.8. The largest absolute Gasteiger partial charge is 0.457 e. The molecular formula is C26H31N3O7S2. The Balaban J connectivity index is 1.57. The van der Waals surface area contributed by atoms with Gasteiger partial charge in [-0.25, -0.2) is 14.6 Å². The van der Waals surface area contributed by atoms with Crippen LogP contribution in [-0.4, -0.2) is 87.5 Å². The third-order valence-electron chi connectivity index (χ3n) is 6.83. The fourth-order valence-electron chi connectivity index (χ4n) is 4.96. The summed E-state index contributed by atoms with van der Waals surface area (Å²) in [5.74, 6) is -1.71. The molecule has 5 atom stereocenters. The third-order valence-corrected chi connectivity index (χ3v) is 9.05. The Kier molecular flexibility index (Phi) is 8.76. The summed E-state index contributed by atoms with van der Waals surface area (Å²) in [5.41, 5.74) is 1.69. The first-order valence-corrected chi connectivity index (χ1v) is 13.9. The van der Waals surface area contributed by atoms with Crippen molar-refractivity contribution in [1.29, 1.82) is 0 Å². The number of β-lactam (4-membered cyclic amide) rings is 1. The minimum atomic E-state index is -0.838. The van der Waals surface area contributed by atoms with Crippen molar-refractivity contribution < 1.29 is 34.1 Å². The van der Waals surface area contributed by atoms with Crippen molar-refractivity contribution in [3.05, 3.63) is 53.1 Å². The third kappa shape index (κ3) is 5.18. The Morgan fingerprint density at radius 2 is 2.03 bits per heavy atom. The lowest BCUT2D eigenvalue weighted by Crippen LogP contribution is -2.63. The summed E-state index contributed by atoms with van der Waals surface area (Å²) in [6.07, 6.45) is 3.98. The van der Waals surface area contributed by atoms with Gasteiger partial charge in [-0.05, 0) is 18.9 Å². The number of carbonyl (C=O) groups is 3. The predicted molar refractivity (Wildman–Crippen MR) is 143 cm³/mol. The Morgan fingerprint density at radius 3 is 2.68 bits per heavy atom. The Morgan fingerprint density at radius 1 is 1.32 bits per heavy atom. The van der Waals surface area contributed by atoms with Crippen molar-refractivity contribution in [2.75, 3.05) is 26.4 Å². The number of nitrogens with zero attached hydrogens (tertiary/aromatic N) is 3. The number of carbonyl (C=O) groups excluding carboxylic acids is 3. The monoisotopic (exact) mass is 561 g/mol. The summed E-state index contributed by atoms with van der Waals surface area (Å²) < 4.78 is 11.1. The van der Waals surface area contributed by atoms with Gasteiger partial charge in [0.2, 0.25) is 5.91 Å². The van der Waals surface area contributed by atoms with Gasteiger partial charge in [-0.1, -0.05) is 50.1 Å². The zero-order valence-corrected chi connectivity index (χ0v) is 22.9. The molecule has 10 nitrogen and oxygen atoms in total. The summed E-state index contributed by atoms with van der Waals surface area (Å²) in [4.78, 5) is 46.6. The van der Waals surface area contributed by atoms with Gasteiger partial charge in [0.05, 0.1) is 43.0 Å². The molecule has 2 N–H and O–H groups in total. The second kappa shape index (κ2) is 11.9. The first kappa shape index (κ1) is 28.1. The van der Waals surface area contributed by atoms with E-state index >= 15 is 0 Å². The van der Waals surface area contributed by atoms with Gasteiger partial charge in [0.25, 0.3) is 0 Å². The molecule has 0 unspecified atom stereocenters. The van der Waals surface area contributed by atoms with Crippen LogP contribution in [0.15, 0.2) is 51.7 Å². The molecule has 1 saturated heterocycles.